The lowest BCUT2D eigenvalue weighted by Crippen LogP contribution is -2.42. The van der Waals surface area contributed by atoms with E-state index in [1.54, 1.807) is 0 Å². The summed E-state index contributed by atoms with van der Waals surface area (Å²) < 4.78 is 0. The van der Waals surface area contributed by atoms with Gasteiger partial charge in [0.05, 0.1) is 19.7 Å². The van der Waals surface area contributed by atoms with Crippen molar-refractivity contribution in [3.63, 3.8) is 0 Å². The van der Waals surface area contributed by atoms with Gasteiger partial charge in [-0.1, -0.05) is 12.8 Å². The number of nitrogens with one attached hydrogen (secondary N) is 1. The molecule has 84 valence electrons. The number of carbonyl (C=O) groups is 1. The lowest BCUT2D eigenvalue weighted by molar-refractivity contribution is -0.122. The first kappa shape index (κ1) is 12.0. The third-order valence-electron chi connectivity index (χ3n) is 2.92. The number of aliphatic hydroxyl groups excluding tert-OH is 1. The molecule has 0 aliphatic carbocycles. The Hall–Kier alpha value is -1.05. The van der Waals surface area contributed by atoms with Crippen molar-refractivity contribution in [3.05, 3.63) is 0 Å². The minimum atomic E-state index is -0.0690. The number of likely N-dealkylation sites (tertiary alicyclic amines) is 1. The van der Waals surface area contributed by atoms with Crippen molar-refractivity contribution in [2.24, 2.45) is 5.92 Å². The monoisotopic (exact) mass is 210 g/mol. The van der Waals surface area contributed by atoms with E-state index in [2.05, 4.69) is 18.2 Å². The lowest BCUT2D eigenvalue weighted by Gasteiger charge is -2.24. The second-order valence-corrected chi connectivity index (χ2v) is 3.97. The molecule has 15 heavy (non-hydrogen) atoms. The molecule has 0 radical (unpaired) electrons. The minimum Gasteiger partial charge on any atom is -0.395 e. The number of nitrogens with zero attached hydrogens (tertiary/aromatic N) is 1. The molecule has 1 aliphatic rings. The molecule has 2 N–H and O–H groups in total. The van der Waals surface area contributed by atoms with Crippen molar-refractivity contribution < 1.29 is 9.90 Å². The molecule has 0 saturated carbocycles. The highest BCUT2D eigenvalue weighted by molar-refractivity contribution is 5.78. The fourth-order valence-corrected chi connectivity index (χ4v) is 1.97. The third kappa shape index (κ3) is 3.22. The highest BCUT2D eigenvalue weighted by atomic mass is 16.3. The fourth-order valence-electron chi connectivity index (χ4n) is 1.97. The van der Waals surface area contributed by atoms with E-state index >= 15 is 0 Å². The van der Waals surface area contributed by atoms with Crippen LogP contribution in [0.4, 0.5) is 0 Å². The van der Waals surface area contributed by atoms with Crippen LogP contribution in [0.25, 0.3) is 0 Å². The molecule has 0 spiro atoms. The van der Waals surface area contributed by atoms with Crippen LogP contribution < -0.4 is 5.32 Å². The van der Waals surface area contributed by atoms with Gasteiger partial charge in [0.25, 0.3) is 0 Å². The first-order valence-electron chi connectivity index (χ1n) is 5.24. The highest BCUT2D eigenvalue weighted by Gasteiger charge is 2.31. The van der Waals surface area contributed by atoms with Crippen molar-refractivity contribution >= 4 is 5.91 Å². The van der Waals surface area contributed by atoms with Crippen molar-refractivity contribution in [1.82, 2.24) is 10.2 Å². The van der Waals surface area contributed by atoms with Gasteiger partial charge in [-0.05, 0) is 18.9 Å². The highest BCUT2D eigenvalue weighted by Crippen LogP contribution is 2.22. The average Bonchev–Trinajstić information content (AvgIpc) is 2.56. The van der Waals surface area contributed by atoms with Crippen molar-refractivity contribution in [2.75, 3.05) is 26.2 Å². The van der Waals surface area contributed by atoms with Crippen LogP contribution >= 0.6 is 0 Å². The molecule has 2 atom stereocenters. The van der Waals surface area contributed by atoms with Gasteiger partial charge in [-0.2, -0.15) is 0 Å². The minimum absolute atomic E-state index is 0.0690. The smallest absolute Gasteiger partial charge is 0.234 e. The number of amides is 1. The number of aliphatic hydroxyl groups is 1. The summed E-state index contributed by atoms with van der Waals surface area (Å²) >= 11 is 0. The van der Waals surface area contributed by atoms with E-state index in [9.17, 15) is 9.90 Å². The average molecular weight is 210 g/mol. The van der Waals surface area contributed by atoms with E-state index in [1.165, 1.54) is 0 Å². The number of hydrogen-bond acceptors (Lipinski definition) is 3. The summed E-state index contributed by atoms with van der Waals surface area (Å²) in [5.41, 5.74) is 0. The second-order valence-electron chi connectivity index (χ2n) is 3.97. The van der Waals surface area contributed by atoms with Crippen LogP contribution in [0.15, 0.2) is 0 Å². The van der Waals surface area contributed by atoms with Crippen LogP contribution in [0.2, 0.25) is 0 Å². The van der Waals surface area contributed by atoms with Gasteiger partial charge in [0.2, 0.25) is 5.91 Å². The third-order valence-corrected chi connectivity index (χ3v) is 2.92. The summed E-state index contributed by atoms with van der Waals surface area (Å²) in [7, 11) is 0. The lowest BCUT2D eigenvalue weighted by atomic mass is 10.0. The summed E-state index contributed by atoms with van der Waals surface area (Å²) in [6.45, 7) is 3.68. The van der Waals surface area contributed by atoms with Crippen molar-refractivity contribution in [1.29, 1.82) is 0 Å². The Kier molecular flexibility index (Phi) is 4.60. The first-order valence-corrected chi connectivity index (χ1v) is 5.24. The molecule has 4 heteroatoms. The van der Waals surface area contributed by atoms with Gasteiger partial charge in [-0.3, -0.25) is 9.69 Å². The maximum Gasteiger partial charge on any atom is 0.234 e. The predicted octanol–water partition coefficient (Wildman–Crippen LogP) is -0.561. The van der Waals surface area contributed by atoms with E-state index < -0.39 is 0 Å². The Morgan fingerprint density at radius 1 is 1.73 bits per heavy atom. The summed E-state index contributed by atoms with van der Waals surface area (Å²) in [4.78, 5) is 13.4. The predicted molar refractivity (Wildman–Crippen MR) is 58.1 cm³/mol. The molecule has 1 fully saturated rings. The number of hydrogen-bond donors (Lipinski definition) is 2. The number of terminal acetylenes is 1. The van der Waals surface area contributed by atoms with Gasteiger partial charge >= 0.3 is 0 Å². The summed E-state index contributed by atoms with van der Waals surface area (Å²) in [6.07, 6.45) is 6.08. The number of rotatable bonds is 4. The Morgan fingerprint density at radius 2 is 2.47 bits per heavy atom. The molecule has 2 unspecified atom stereocenters. The summed E-state index contributed by atoms with van der Waals surface area (Å²) in [6, 6.07) is 0.113. The molecule has 4 nitrogen and oxygen atoms in total. The van der Waals surface area contributed by atoms with Crippen LogP contribution in [-0.2, 0) is 4.79 Å². The topological polar surface area (TPSA) is 52.6 Å². The van der Waals surface area contributed by atoms with E-state index in [-0.39, 0.29) is 25.1 Å². The molecule has 0 bridgehead atoms. The molecule has 1 aliphatic heterocycles. The molecule has 1 rings (SSSR count). The maximum absolute atomic E-state index is 11.4. The van der Waals surface area contributed by atoms with Crippen LogP contribution in [0.5, 0.6) is 0 Å². The first-order chi connectivity index (χ1) is 7.19. The quantitative estimate of drug-likeness (QED) is 0.612. The van der Waals surface area contributed by atoms with E-state index in [1.807, 2.05) is 4.90 Å². The van der Waals surface area contributed by atoms with Crippen LogP contribution in [-0.4, -0.2) is 48.2 Å². The summed E-state index contributed by atoms with van der Waals surface area (Å²) in [5, 5.41) is 11.8. The maximum atomic E-state index is 11.4. The molecule has 1 saturated heterocycles. The fraction of sp³-hybridized carbons (Fsp3) is 0.727. The van der Waals surface area contributed by atoms with Crippen LogP contribution in [0.1, 0.15) is 13.3 Å². The van der Waals surface area contributed by atoms with Gasteiger partial charge < -0.3 is 10.4 Å². The molecular formula is C11H18N2O2. The van der Waals surface area contributed by atoms with E-state index in [0.29, 0.717) is 12.5 Å². The van der Waals surface area contributed by atoms with Crippen molar-refractivity contribution in [2.45, 2.75) is 19.4 Å². The van der Waals surface area contributed by atoms with Crippen molar-refractivity contribution in [3.8, 4) is 12.3 Å². The van der Waals surface area contributed by atoms with Crippen LogP contribution in [0.3, 0.4) is 0 Å². The largest absolute Gasteiger partial charge is 0.395 e. The molecule has 0 aromatic carbocycles. The van der Waals surface area contributed by atoms with Crippen LogP contribution in [0, 0.1) is 18.3 Å². The van der Waals surface area contributed by atoms with Gasteiger partial charge in [0, 0.05) is 6.04 Å². The molecule has 0 aromatic heterocycles. The Bertz CT molecular complexity index is 260. The summed E-state index contributed by atoms with van der Waals surface area (Å²) in [5.74, 6) is 2.74. The van der Waals surface area contributed by atoms with Gasteiger partial charge in [-0.15, -0.1) is 6.42 Å². The van der Waals surface area contributed by atoms with Gasteiger partial charge in [0.15, 0.2) is 0 Å². The second kappa shape index (κ2) is 5.74. The molecule has 1 amide bonds. The van der Waals surface area contributed by atoms with E-state index in [4.69, 9.17) is 6.42 Å². The SMILES string of the molecule is C#CCNC(=O)CN1CCC(C)C1CO. The molecule has 1 heterocycles. The standard InChI is InChI=1S/C11H18N2O2/c1-3-5-12-11(15)7-13-6-4-9(2)10(13)8-14/h1,9-10,14H,4-8H2,2H3,(H,12,15). The zero-order chi connectivity index (χ0) is 11.3. The zero-order valence-corrected chi connectivity index (χ0v) is 9.07. The molecular weight excluding hydrogens is 192 g/mol. The van der Waals surface area contributed by atoms with E-state index in [0.717, 1.165) is 13.0 Å². The number of carbonyl (C=O) groups excluding carboxylic acids is 1. The van der Waals surface area contributed by atoms with Gasteiger partial charge in [0.1, 0.15) is 0 Å². The van der Waals surface area contributed by atoms with Gasteiger partial charge in [-0.25, -0.2) is 0 Å². The Labute approximate surface area is 90.6 Å². The zero-order valence-electron chi connectivity index (χ0n) is 9.07. The molecule has 0 aromatic rings. The Balaban J connectivity index is 2.38. The Morgan fingerprint density at radius 3 is 3.07 bits per heavy atom. The normalized spacial score (nSPS) is 26.2.